The summed E-state index contributed by atoms with van der Waals surface area (Å²) in [5.74, 6) is -0.880. The Morgan fingerprint density at radius 1 is 0.833 bits per heavy atom. The zero-order valence-corrected chi connectivity index (χ0v) is 29.7. The fourth-order valence-electron chi connectivity index (χ4n) is 5.91. The van der Waals surface area contributed by atoms with Gasteiger partial charge in [-0.15, -0.1) is 0 Å². The zero-order chi connectivity index (χ0) is 34.3. The molecule has 1 N–H and O–H groups in total. The minimum absolute atomic E-state index is 0.00641. The third-order valence-electron chi connectivity index (χ3n) is 8.58. The summed E-state index contributed by atoms with van der Waals surface area (Å²) in [6, 6.07) is 26.1. The van der Waals surface area contributed by atoms with Crippen molar-refractivity contribution in [2.75, 3.05) is 10.8 Å². The second-order valence-electron chi connectivity index (χ2n) is 12.1. The molecule has 0 heterocycles. The van der Waals surface area contributed by atoms with E-state index in [0.29, 0.717) is 20.6 Å². The molecular formula is C37H38Cl3N3O4S. The van der Waals surface area contributed by atoms with Crippen LogP contribution >= 0.6 is 34.8 Å². The molecule has 0 aromatic heterocycles. The number of benzene rings is 4. The van der Waals surface area contributed by atoms with Gasteiger partial charge in [0.2, 0.25) is 11.8 Å². The first-order valence-electron chi connectivity index (χ1n) is 15.9. The van der Waals surface area contributed by atoms with Crippen molar-refractivity contribution in [1.29, 1.82) is 0 Å². The van der Waals surface area contributed by atoms with Gasteiger partial charge in [0.25, 0.3) is 10.0 Å². The molecule has 7 nitrogen and oxygen atoms in total. The van der Waals surface area contributed by atoms with Gasteiger partial charge in [-0.25, -0.2) is 8.42 Å². The van der Waals surface area contributed by atoms with Crippen LogP contribution in [0.2, 0.25) is 15.1 Å². The lowest BCUT2D eigenvalue weighted by atomic mass is 9.94. The molecular weight excluding hydrogens is 689 g/mol. The maximum atomic E-state index is 14.7. The van der Waals surface area contributed by atoms with Crippen LogP contribution in [0.4, 0.5) is 5.69 Å². The third kappa shape index (κ3) is 9.11. The Bertz CT molecular complexity index is 1820. The van der Waals surface area contributed by atoms with Gasteiger partial charge >= 0.3 is 0 Å². The Balaban J connectivity index is 1.57. The van der Waals surface area contributed by atoms with Gasteiger partial charge in [0.05, 0.1) is 10.6 Å². The number of nitrogens with one attached hydrogen (secondary N) is 1. The summed E-state index contributed by atoms with van der Waals surface area (Å²) >= 11 is 19.0. The lowest BCUT2D eigenvalue weighted by molar-refractivity contribution is -0.140. The van der Waals surface area contributed by atoms with Crippen LogP contribution in [-0.2, 0) is 32.6 Å². The van der Waals surface area contributed by atoms with Crippen LogP contribution in [0.15, 0.2) is 102 Å². The number of hydrogen-bond acceptors (Lipinski definition) is 4. The van der Waals surface area contributed by atoms with Crippen LogP contribution < -0.4 is 9.62 Å². The molecule has 0 bridgehead atoms. The third-order valence-corrected chi connectivity index (χ3v) is 11.2. The number of nitrogens with zero attached hydrogens (tertiary/aromatic N) is 2. The average molecular weight is 727 g/mol. The molecule has 0 radical (unpaired) electrons. The van der Waals surface area contributed by atoms with Gasteiger partial charge in [-0.3, -0.25) is 13.9 Å². The molecule has 1 atom stereocenters. The first-order valence-corrected chi connectivity index (χ1v) is 18.5. The van der Waals surface area contributed by atoms with Crippen LogP contribution in [0.3, 0.4) is 0 Å². The van der Waals surface area contributed by atoms with E-state index < -0.39 is 28.5 Å². The Morgan fingerprint density at radius 2 is 1.48 bits per heavy atom. The number of carbonyl (C=O) groups excluding carboxylic acids is 2. The molecule has 1 aliphatic carbocycles. The van der Waals surface area contributed by atoms with Crippen molar-refractivity contribution in [3.05, 3.63) is 129 Å². The smallest absolute Gasteiger partial charge is 0.264 e. The van der Waals surface area contributed by atoms with Crippen LogP contribution in [0.25, 0.3) is 0 Å². The maximum absolute atomic E-state index is 14.7. The van der Waals surface area contributed by atoms with Crippen LogP contribution in [-0.4, -0.2) is 43.8 Å². The summed E-state index contributed by atoms with van der Waals surface area (Å²) < 4.78 is 29.5. The molecule has 1 saturated carbocycles. The Hall–Kier alpha value is -3.56. The van der Waals surface area contributed by atoms with Gasteiger partial charge < -0.3 is 10.2 Å². The minimum atomic E-state index is -4.23. The summed E-state index contributed by atoms with van der Waals surface area (Å²) in [6.45, 7) is 1.23. The van der Waals surface area contributed by atoms with Crippen LogP contribution in [0.5, 0.6) is 0 Å². The highest BCUT2D eigenvalue weighted by atomic mass is 35.5. The van der Waals surface area contributed by atoms with Gasteiger partial charge in [-0.05, 0) is 79.4 Å². The molecule has 0 unspecified atom stereocenters. The predicted octanol–water partition coefficient (Wildman–Crippen LogP) is 8.24. The average Bonchev–Trinajstić information content (AvgIpc) is 3.07. The standard InChI is InChI=1S/C37H38Cl3N3O4S/c1-26-12-20-33(21-13-26)48(46,47)43(32-18-16-29(38)17-19-32)25-36(44)42(24-28-14-15-30(39)23-34(28)40)35(22-27-8-4-2-5-9-27)37(45)41-31-10-6-3-7-11-31/h2,4-5,8-9,12-21,23,31,35H,3,6-7,10-11,22,24-25H2,1H3,(H,41,45)/t35-/m0/s1. The number of carbonyl (C=O) groups is 2. The molecule has 0 saturated heterocycles. The fourth-order valence-corrected chi connectivity index (χ4v) is 7.91. The van der Waals surface area contributed by atoms with E-state index in [1.165, 1.54) is 17.0 Å². The first kappa shape index (κ1) is 35.7. The molecule has 5 rings (SSSR count). The van der Waals surface area contributed by atoms with E-state index in [0.717, 1.165) is 47.5 Å². The normalized spacial score (nSPS) is 14.2. The Morgan fingerprint density at radius 3 is 2.12 bits per heavy atom. The first-order chi connectivity index (χ1) is 23.0. The highest BCUT2D eigenvalue weighted by molar-refractivity contribution is 7.92. The summed E-state index contributed by atoms with van der Waals surface area (Å²) in [4.78, 5) is 30.4. The molecule has 4 aromatic rings. The monoisotopic (exact) mass is 725 g/mol. The molecule has 2 amide bonds. The van der Waals surface area contributed by atoms with E-state index in [4.69, 9.17) is 34.8 Å². The highest BCUT2D eigenvalue weighted by Gasteiger charge is 2.35. The van der Waals surface area contributed by atoms with Gasteiger partial charge in [-0.1, -0.05) is 108 Å². The summed E-state index contributed by atoms with van der Waals surface area (Å²) in [6.07, 6.45) is 5.09. The molecule has 4 aromatic carbocycles. The molecule has 48 heavy (non-hydrogen) atoms. The minimum Gasteiger partial charge on any atom is -0.352 e. The quantitative estimate of drug-likeness (QED) is 0.159. The number of rotatable bonds is 12. The molecule has 1 aliphatic rings. The summed E-state index contributed by atoms with van der Waals surface area (Å²) in [7, 11) is -4.23. The Labute approximate surface area is 297 Å². The van der Waals surface area contributed by atoms with Gasteiger partial charge in [-0.2, -0.15) is 0 Å². The zero-order valence-electron chi connectivity index (χ0n) is 26.6. The highest BCUT2D eigenvalue weighted by Crippen LogP contribution is 2.28. The van der Waals surface area contributed by atoms with Crippen molar-refractivity contribution in [2.45, 2.75) is 69.0 Å². The lowest BCUT2D eigenvalue weighted by Crippen LogP contribution is -2.55. The van der Waals surface area contributed by atoms with Crippen molar-refractivity contribution < 1.29 is 18.0 Å². The van der Waals surface area contributed by atoms with E-state index >= 15 is 0 Å². The topological polar surface area (TPSA) is 86.8 Å². The molecule has 0 aliphatic heterocycles. The number of anilines is 1. The number of aryl methyl sites for hydroxylation is 1. The molecule has 0 spiro atoms. The molecule has 1 fully saturated rings. The number of amides is 2. The Kier molecular flexibility index (Phi) is 12.1. The second kappa shape index (κ2) is 16.2. The fraction of sp³-hybridized carbons (Fsp3) is 0.297. The van der Waals surface area contributed by atoms with E-state index in [9.17, 15) is 18.0 Å². The van der Waals surface area contributed by atoms with Crippen LogP contribution in [0, 0.1) is 6.92 Å². The SMILES string of the molecule is Cc1ccc(S(=O)(=O)N(CC(=O)N(Cc2ccc(Cl)cc2Cl)[C@@H](Cc2ccccc2)C(=O)NC2CCCCC2)c2ccc(Cl)cc2)cc1. The largest absolute Gasteiger partial charge is 0.352 e. The van der Waals surface area contributed by atoms with Gasteiger partial charge in [0.1, 0.15) is 12.6 Å². The summed E-state index contributed by atoms with van der Waals surface area (Å²) in [5.41, 5.74) is 2.56. The van der Waals surface area contributed by atoms with Crippen molar-refractivity contribution in [1.82, 2.24) is 10.2 Å². The number of sulfonamides is 1. The lowest BCUT2D eigenvalue weighted by Gasteiger charge is -2.35. The second-order valence-corrected chi connectivity index (χ2v) is 15.2. The van der Waals surface area contributed by atoms with Crippen molar-refractivity contribution in [3.8, 4) is 0 Å². The predicted molar refractivity (Wildman–Crippen MR) is 193 cm³/mol. The van der Waals surface area contributed by atoms with E-state index in [2.05, 4.69) is 5.32 Å². The van der Waals surface area contributed by atoms with Crippen molar-refractivity contribution in [2.24, 2.45) is 0 Å². The van der Waals surface area contributed by atoms with E-state index in [-0.39, 0.29) is 35.5 Å². The van der Waals surface area contributed by atoms with Crippen molar-refractivity contribution >= 4 is 62.3 Å². The van der Waals surface area contributed by atoms with E-state index in [1.54, 1.807) is 54.6 Å². The number of halogens is 3. The van der Waals surface area contributed by atoms with Crippen molar-refractivity contribution in [3.63, 3.8) is 0 Å². The van der Waals surface area contributed by atoms with Gasteiger partial charge in [0.15, 0.2) is 0 Å². The van der Waals surface area contributed by atoms with E-state index in [1.807, 2.05) is 37.3 Å². The number of hydrogen-bond donors (Lipinski definition) is 1. The molecule has 252 valence electrons. The maximum Gasteiger partial charge on any atom is 0.264 e. The summed E-state index contributed by atoms with van der Waals surface area (Å²) in [5, 5.41) is 4.37. The molecule has 11 heteroatoms. The van der Waals surface area contributed by atoms with Crippen LogP contribution in [0.1, 0.15) is 48.8 Å². The van der Waals surface area contributed by atoms with Gasteiger partial charge in [0, 0.05) is 34.1 Å².